The van der Waals surface area contributed by atoms with Gasteiger partial charge in [0.15, 0.2) is 5.82 Å². The van der Waals surface area contributed by atoms with Gasteiger partial charge in [0.05, 0.1) is 5.69 Å². The van der Waals surface area contributed by atoms with Crippen molar-refractivity contribution in [3.8, 4) is 5.69 Å². The van der Waals surface area contributed by atoms with Crippen molar-refractivity contribution in [3.63, 3.8) is 0 Å². The van der Waals surface area contributed by atoms with E-state index in [4.69, 9.17) is 11.1 Å². The van der Waals surface area contributed by atoms with E-state index in [-0.39, 0.29) is 5.84 Å². The van der Waals surface area contributed by atoms with E-state index in [0.29, 0.717) is 11.4 Å². The Hall–Kier alpha value is -2.24. The Kier molecular flexibility index (Phi) is 3.36. The van der Waals surface area contributed by atoms with Gasteiger partial charge in [-0.1, -0.05) is 13.8 Å². The third-order valence-corrected chi connectivity index (χ3v) is 2.62. The highest BCUT2D eigenvalue weighted by Crippen LogP contribution is 2.14. The molecule has 0 spiro atoms. The van der Waals surface area contributed by atoms with E-state index in [1.165, 1.54) is 0 Å². The second kappa shape index (κ2) is 4.95. The first kappa shape index (κ1) is 12.2. The lowest BCUT2D eigenvalue weighted by molar-refractivity contribution is 0.785. The first-order chi connectivity index (χ1) is 8.67. The first-order valence-corrected chi connectivity index (χ1v) is 5.92. The zero-order valence-electron chi connectivity index (χ0n) is 10.5. The number of nitrogens with one attached hydrogen (secondary N) is 1. The number of nitrogen functional groups attached to an aromatic ring is 1. The van der Waals surface area contributed by atoms with Gasteiger partial charge in [-0.3, -0.25) is 10.4 Å². The van der Waals surface area contributed by atoms with Crippen LogP contribution in [0.15, 0.2) is 18.3 Å². The summed E-state index contributed by atoms with van der Waals surface area (Å²) in [6.45, 7) is 4.03. The summed E-state index contributed by atoms with van der Waals surface area (Å²) >= 11 is 0. The van der Waals surface area contributed by atoms with Crippen molar-refractivity contribution < 1.29 is 0 Å². The highest BCUT2D eigenvalue weighted by molar-refractivity contribution is 5.96. The molecule has 2 aromatic heterocycles. The van der Waals surface area contributed by atoms with Crippen molar-refractivity contribution in [1.82, 2.24) is 19.7 Å². The van der Waals surface area contributed by atoms with Crippen LogP contribution in [0.25, 0.3) is 5.69 Å². The van der Waals surface area contributed by atoms with Crippen LogP contribution in [-0.2, 0) is 12.8 Å². The molecule has 2 heterocycles. The Morgan fingerprint density at radius 3 is 2.78 bits per heavy atom. The molecule has 0 aliphatic carbocycles. The predicted molar refractivity (Wildman–Crippen MR) is 68.9 cm³/mol. The zero-order valence-corrected chi connectivity index (χ0v) is 10.5. The summed E-state index contributed by atoms with van der Waals surface area (Å²) in [7, 11) is 0. The Balaban J connectivity index is 2.61. The van der Waals surface area contributed by atoms with E-state index in [0.717, 1.165) is 24.5 Å². The molecule has 0 atom stereocenters. The highest BCUT2D eigenvalue weighted by Gasteiger charge is 2.14. The minimum absolute atomic E-state index is 0.0683. The Morgan fingerprint density at radius 2 is 2.17 bits per heavy atom. The minimum Gasteiger partial charge on any atom is -0.382 e. The van der Waals surface area contributed by atoms with Gasteiger partial charge >= 0.3 is 0 Å². The smallest absolute Gasteiger partial charge is 0.151 e. The lowest BCUT2D eigenvalue weighted by Crippen LogP contribution is -2.18. The van der Waals surface area contributed by atoms with E-state index in [2.05, 4.69) is 15.1 Å². The average Bonchev–Trinajstić information content (AvgIpc) is 2.81. The quantitative estimate of drug-likeness (QED) is 0.621. The SMILES string of the molecule is CCc1nc(CC)n(-c2cccnc2C(=N)N)n1. The molecule has 0 saturated heterocycles. The summed E-state index contributed by atoms with van der Waals surface area (Å²) < 4.78 is 1.72. The van der Waals surface area contributed by atoms with Crippen LogP contribution in [0, 0.1) is 5.41 Å². The monoisotopic (exact) mass is 244 g/mol. The maximum absolute atomic E-state index is 7.56. The lowest BCUT2D eigenvalue weighted by atomic mass is 10.2. The fourth-order valence-electron chi connectivity index (χ4n) is 1.74. The zero-order chi connectivity index (χ0) is 13.1. The van der Waals surface area contributed by atoms with E-state index in [1.54, 1.807) is 16.9 Å². The maximum atomic E-state index is 7.56. The van der Waals surface area contributed by atoms with Gasteiger partial charge in [0.1, 0.15) is 17.4 Å². The van der Waals surface area contributed by atoms with Gasteiger partial charge in [0.25, 0.3) is 0 Å². The molecule has 6 nitrogen and oxygen atoms in total. The standard InChI is InChI=1S/C12H16N6/c1-3-9-16-10(4-2)18(17-9)8-6-5-7-15-11(8)12(13)14/h5-7H,3-4H2,1-2H3,(H3,13,14). The van der Waals surface area contributed by atoms with E-state index in [1.807, 2.05) is 19.9 Å². The molecule has 0 radical (unpaired) electrons. The number of nitrogens with zero attached hydrogens (tertiary/aromatic N) is 4. The van der Waals surface area contributed by atoms with Gasteiger partial charge in [-0.25, -0.2) is 9.67 Å². The molecule has 3 N–H and O–H groups in total. The van der Waals surface area contributed by atoms with Crippen LogP contribution >= 0.6 is 0 Å². The Morgan fingerprint density at radius 1 is 1.39 bits per heavy atom. The summed E-state index contributed by atoms with van der Waals surface area (Å²) in [6.07, 6.45) is 3.15. The molecule has 0 aromatic carbocycles. The number of aryl methyl sites for hydroxylation is 2. The molecule has 0 unspecified atom stereocenters. The molecule has 2 rings (SSSR count). The molecule has 0 bridgehead atoms. The van der Waals surface area contributed by atoms with Gasteiger partial charge in [0, 0.05) is 19.0 Å². The molecular weight excluding hydrogens is 228 g/mol. The lowest BCUT2D eigenvalue weighted by Gasteiger charge is -2.08. The van der Waals surface area contributed by atoms with Gasteiger partial charge < -0.3 is 5.73 Å². The molecule has 0 fully saturated rings. The third-order valence-electron chi connectivity index (χ3n) is 2.62. The van der Waals surface area contributed by atoms with Crippen molar-refractivity contribution in [1.29, 1.82) is 5.41 Å². The van der Waals surface area contributed by atoms with Gasteiger partial charge in [-0.2, -0.15) is 5.10 Å². The summed E-state index contributed by atoms with van der Waals surface area (Å²) in [4.78, 5) is 8.56. The Labute approximate surface area is 105 Å². The highest BCUT2D eigenvalue weighted by atomic mass is 15.4. The molecule has 0 amide bonds. The van der Waals surface area contributed by atoms with Crippen LogP contribution in [0.1, 0.15) is 31.2 Å². The van der Waals surface area contributed by atoms with Crippen LogP contribution in [-0.4, -0.2) is 25.6 Å². The largest absolute Gasteiger partial charge is 0.382 e. The molecule has 2 aromatic rings. The molecular formula is C12H16N6. The van der Waals surface area contributed by atoms with Gasteiger partial charge in [-0.05, 0) is 12.1 Å². The molecule has 0 saturated carbocycles. The Bertz CT molecular complexity index is 572. The van der Waals surface area contributed by atoms with Gasteiger partial charge in [-0.15, -0.1) is 0 Å². The summed E-state index contributed by atoms with van der Waals surface area (Å²) in [6, 6.07) is 3.64. The topological polar surface area (TPSA) is 93.5 Å². The van der Waals surface area contributed by atoms with Crippen molar-refractivity contribution in [2.45, 2.75) is 26.7 Å². The summed E-state index contributed by atoms with van der Waals surface area (Å²) in [5, 5.41) is 12.0. The van der Waals surface area contributed by atoms with Crippen molar-refractivity contribution in [3.05, 3.63) is 35.7 Å². The van der Waals surface area contributed by atoms with Crippen LogP contribution in [0.5, 0.6) is 0 Å². The number of amidine groups is 1. The van der Waals surface area contributed by atoms with E-state index in [9.17, 15) is 0 Å². The molecule has 0 aliphatic rings. The molecule has 6 heteroatoms. The minimum atomic E-state index is -0.0683. The van der Waals surface area contributed by atoms with E-state index >= 15 is 0 Å². The maximum Gasteiger partial charge on any atom is 0.151 e. The van der Waals surface area contributed by atoms with Gasteiger partial charge in [0.2, 0.25) is 0 Å². The number of nitrogens with two attached hydrogens (primary N) is 1. The summed E-state index contributed by atoms with van der Waals surface area (Å²) in [5.41, 5.74) is 6.68. The molecule has 18 heavy (non-hydrogen) atoms. The number of aromatic nitrogens is 4. The van der Waals surface area contributed by atoms with Crippen molar-refractivity contribution >= 4 is 5.84 Å². The van der Waals surface area contributed by atoms with Crippen LogP contribution in [0.4, 0.5) is 0 Å². The second-order valence-corrected chi connectivity index (χ2v) is 3.85. The fraction of sp³-hybridized carbons (Fsp3) is 0.333. The fourth-order valence-corrected chi connectivity index (χ4v) is 1.74. The number of pyridine rings is 1. The normalized spacial score (nSPS) is 10.6. The molecule has 94 valence electrons. The van der Waals surface area contributed by atoms with Crippen molar-refractivity contribution in [2.24, 2.45) is 5.73 Å². The van der Waals surface area contributed by atoms with Crippen LogP contribution in [0.3, 0.4) is 0 Å². The number of rotatable bonds is 4. The summed E-state index contributed by atoms with van der Waals surface area (Å²) in [5.74, 6) is 1.56. The number of hydrogen-bond acceptors (Lipinski definition) is 4. The number of hydrogen-bond donors (Lipinski definition) is 2. The predicted octanol–water partition coefficient (Wildman–Crippen LogP) is 1.07. The first-order valence-electron chi connectivity index (χ1n) is 5.92. The third kappa shape index (κ3) is 2.09. The van der Waals surface area contributed by atoms with Crippen LogP contribution < -0.4 is 5.73 Å². The average molecular weight is 244 g/mol. The van der Waals surface area contributed by atoms with E-state index < -0.39 is 0 Å². The molecule has 0 aliphatic heterocycles. The van der Waals surface area contributed by atoms with Crippen molar-refractivity contribution in [2.75, 3.05) is 0 Å². The second-order valence-electron chi connectivity index (χ2n) is 3.85. The van der Waals surface area contributed by atoms with Crippen LogP contribution in [0.2, 0.25) is 0 Å².